The number of likely N-dealkylation sites (N-methyl/N-ethyl adjacent to an activating group) is 1. The van der Waals surface area contributed by atoms with Crippen LogP contribution in [0.25, 0.3) is 0 Å². The van der Waals surface area contributed by atoms with Crippen molar-refractivity contribution in [1.29, 1.82) is 0 Å². The van der Waals surface area contributed by atoms with Gasteiger partial charge in [0, 0.05) is 24.0 Å². The van der Waals surface area contributed by atoms with E-state index in [2.05, 4.69) is 17.1 Å². The Balaban J connectivity index is 2.00. The molecule has 0 amide bonds. The fourth-order valence-electron chi connectivity index (χ4n) is 2.39. The summed E-state index contributed by atoms with van der Waals surface area (Å²) in [6.07, 6.45) is 2.32. The van der Waals surface area contributed by atoms with Crippen LogP contribution >= 0.6 is 0 Å². The van der Waals surface area contributed by atoms with Crippen molar-refractivity contribution in [1.82, 2.24) is 4.90 Å². The molecule has 3 N–H and O–H groups in total. The molecule has 94 valence electrons. The minimum absolute atomic E-state index is 0.282. The molecule has 17 heavy (non-hydrogen) atoms. The Morgan fingerprint density at radius 2 is 2.29 bits per heavy atom. The van der Waals surface area contributed by atoms with Crippen LogP contribution in [0.1, 0.15) is 19.8 Å². The molecule has 1 unspecified atom stereocenters. The van der Waals surface area contributed by atoms with E-state index in [-0.39, 0.29) is 5.82 Å². The summed E-state index contributed by atoms with van der Waals surface area (Å²) in [7, 11) is 0. The third-order valence-electron chi connectivity index (χ3n) is 3.24. The maximum Gasteiger partial charge on any atom is 0.127 e. The van der Waals surface area contributed by atoms with Gasteiger partial charge in [0.25, 0.3) is 0 Å². The zero-order valence-corrected chi connectivity index (χ0v) is 10.2. The van der Waals surface area contributed by atoms with Crippen molar-refractivity contribution in [3.05, 3.63) is 24.0 Å². The number of nitrogens with two attached hydrogens (primary N) is 1. The van der Waals surface area contributed by atoms with Gasteiger partial charge >= 0.3 is 0 Å². The predicted octanol–water partition coefficient (Wildman–Crippen LogP) is 2.30. The second-order valence-corrected chi connectivity index (χ2v) is 4.65. The molecule has 0 aliphatic carbocycles. The van der Waals surface area contributed by atoms with Gasteiger partial charge in [0.15, 0.2) is 0 Å². The standard InChI is InChI=1S/C13H20FN3/c1-2-17-5-3-4-12(9-17)16-13-7-10(14)6-11(15)8-13/h6-8,12,16H,2-5,9,15H2,1H3. The van der Waals surface area contributed by atoms with Crippen LogP contribution in [-0.2, 0) is 0 Å². The zero-order valence-electron chi connectivity index (χ0n) is 10.2. The van der Waals surface area contributed by atoms with E-state index in [1.54, 1.807) is 6.07 Å². The maximum absolute atomic E-state index is 13.2. The molecule has 4 heteroatoms. The molecule has 1 atom stereocenters. The molecular formula is C13H20FN3. The van der Waals surface area contributed by atoms with Gasteiger partial charge in [-0.1, -0.05) is 6.92 Å². The van der Waals surface area contributed by atoms with Crippen molar-refractivity contribution in [2.75, 3.05) is 30.7 Å². The number of nitrogen functional groups attached to an aromatic ring is 1. The Kier molecular flexibility index (Phi) is 3.84. The summed E-state index contributed by atoms with van der Waals surface area (Å²) in [5, 5.41) is 3.37. The number of likely N-dealkylation sites (tertiary alicyclic amines) is 1. The van der Waals surface area contributed by atoms with Gasteiger partial charge < -0.3 is 16.0 Å². The molecular weight excluding hydrogens is 217 g/mol. The highest BCUT2D eigenvalue weighted by molar-refractivity contribution is 5.55. The molecule has 0 spiro atoms. The van der Waals surface area contributed by atoms with Crippen molar-refractivity contribution >= 4 is 11.4 Å². The van der Waals surface area contributed by atoms with Crippen LogP contribution in [0.4, 0.5) is 15.8 Å². The van der Waals surface area contributed by atoms with Crippen molar-refractivity contribution in [2.45, 2.75) is 25.8 Å². The van der Waals surface area contributed by atoms with E-state index >= 15 is 0 Å². The van der Waals surface area contributed by atoms with E-state index in [1.165, 1.54) is 25.1 Å². The molecule has 1 aromatic rings. The van der Waals surface area contributed by atoms with E-state index in [9.17, 15) is 4.39 Å². The molecule has 0 bridgehead atoms. The minimum Gasteiger partial charge on any atom is -0.399 e. The molecule has 0 aromatic heterocycles. The number of nitrogens with zero attached hydrogens (tertiary/aromatic N) is 1. The molecule has 1 aliphatic rings. The number of hydrogen-bond donors (Lipinski definition) is 2. The second-order valence-electron chi connectivity index (χ2n) is 4.65. The van der Waals surface area contributed by atoms with Crippen LogP contribution in [0.5, 0.6) is 0 Å². The monoisotopic (exact) mass is 237 g/mol. The third kappa shape index (κ3) is 3.33. The normalized spacial score (nSPS) is 21.4. The minimum atomic E-state index is -0.282. The number of halogens is 1. The van der Waals surface area contributed by atoms with Gasteiger partial charge in [-0.05, 0) is 44.1 Å². The average Bonchev–Trinajstić information content (AvgIpc) is 2.28. The fourth-order valence-corrected chi connectivity index (χ4v) is 2.39. The summed E-state index contributed by atoms with van der Waals surface area (Å²) in [5.41, 5.74) is 6.88. The topological polar surface area (TPSA) is 41.3 Å². The van der Waals surface area contributed by atoms with Crippen LogP contribution in [0.3, 0.4) is 0 Å². The highest BCUT2D eigenvalue weighted by atomic mass is 19.1. The lowest BCUT2D eigenvalue weighted by molar-refractivity contribution is 0.227. The first kappa shape index (κ1) is 12.2. The number of nitrogens with one attached hydrogen (secondary N) is 1. The molecule has 0 radical (unpaired) electrons. The van der Waals surface area contributed by atoms with Crippen LogP contribution in [-0.4, -0.2) is 30.6 Å². The van der Waals surface area contributed by atoms with Crippen LogP contribution < -0.4 is 11.1 Å². The third-order valence-corrected chi connectivity index (χ3v) is 3.24. The van der Waals surface area contributed by atoms with E-state index in [4.69, 9.17) is 5.73 Å². The van der Waals surface area contributed by atoms with Crippen molar-refractivity contribution in [3.63, 3.8) is 0 Å². The molecule has 3 nitrogen and oxygen atoms in total. The Morgan fingerprint density at radius 1 is 1.47 bits per heavy atom. The molecule has 1 heterocycles. The summed E-state index contributed by atoms with van der Waals surface area (Å²) in [6.45, 7) is 5.43. The SMILES string of the molecule is CCN1CCCC(Nc2cc(N)cc(F)c2)C1. The van der Waals surface area contributed by atoms with Gasteiger partial charge in [-0.2, -0.15) is 0 Å². The molecule has 2 rings (SSSR count). The Bertz CT molecular complexity index is 361. The lowest BCUT2D eigenvalue weighted by Gasteiger charge is -2.32. The Hall–Kier alpha value is -1.29. The molecule has 1 fully saturated rings. The summed E-state index contributed by atoms with van der Waals surface area (Å²) in [6, 6.07) is 5.02. The van der Waals surface area contributed by atoms with E-state index in [0.29, 0.717) is 11.7 Å². The first-order valence-corrected chi connectivity index (χ1v) is 6.22. The number of anilines is 2. The van der Waals surface area contributed by atoms with Gasteiger partial charge in [0.2, 0.25) is 0 Å². The van der Waals surface area contributed by atoms with Gasteiger partial charge in [0.05, 0.1) is 0 Å². The van der Waals surface area contributed by atoms with Crippen LogP contribution in [0.2, 0.25) is 0 Å². The number of hydrogen-bond acceptors (Lipinski definition) is 3. The van der Waals surface area contributed by atoms with Crippen LogP contribution in [0, 0.1) is 5.82 Å². The lowest BCUT2D eigenvalue weighted by atomic mass is 10.1. The van der Waals surface area contributed by atoms with Gasteiger partial charge in [-0.3, -0.25) is 0 Å². The van der Waals surface area contributed by atoms with Gasteiger partial charge in [-0.15, -0.1) is 0 Å². The molecule has 0 saturated carbocycles. The fraction of sp³-hybridized carbons (Fsp3) is 0.538. The summed E-state index contributed by atoms with van der Waals surface area (Å²) in [4.78, 5) is 2.41. The van der Waals surface area contributed by atoms with Crippen molar-refractivity contribution in [3.8, 4) is 0 Å². The number of rotatable bonds is 3. The lowest BCUT2D eigenvalue weighted by Crippen LogP contribution is -2.41. The first-order chi connectivity index (χ1) is 8.17. The largest absolute Gasteiger partial charge is 0.399 e. The van der Waals surface area contributed by atoms with Crippen molar-refractivity contribution < 1.29 is 4.39 Å². The van der Waals surface area contributed by atoms with Crippen LogP contribution in [0.15, 0.2) is 18.2 Å². The summed E-state index contributed by atoms with van der Waals surface area (Å²) in [5.74, 6) is -0.282. The average molecular weight is 237 g/mol. The molecule has 1 aliphatic heterocycles. The number of benzene rings is 1. The predicted molar refractivity (Wildman–Crippen MR) is 69.6 cm³/mol. The highest BCUT2D eigenvalue weighted by Crippen LogP contribution is 2.19. The summed E-state index contributed by atoms with van der Waals surface area (Å²) >= 11 is 0. The quantitative estimate of drug-likeness (QED) is 0.793. The smallest absolute Gasteiger partial charge is 0.127 e. The first-order valence-electron chi connectivity index (χ1n) is 6.22. The number of piperidine rings is 1. The molecule has 1 aromatic carbocycles. The van der Waals surface area contributed by atoms with E-state index < -0.39 is 0 Å². The van der Waals surface area contributed by atoms with Crippen molar-refractivity contribution in [2.24, 2.45) is 0 Å². The summed E-state index contributed by atoms with van der Waals surface area (Å²) < 4.78 is 13.2. The Labute approximate surface area is 102 Å². The van der Waals surface area contributed by atoms with E-state index in [0.717, 1.165) is 25.2 Å². The maximum atomic E-state index is 13.2. The zero-order chi connectivity index (χ0) is 12.3. The van der Waals surface area contributed by atoms with Gasteiger partial charge in [-0.25, -0.2) is 4.39 Å². The van der Waals surface area contributed by atoms with E-state index in [1.807, 2.05) is 0 Å². The highest BCUT2D eigenvalue weighted by Gasteiger charge is 2.18. The second kappa shape index (κ2) is 5.36. The molecule has 1 saturated heterocycles. The van der Waals surface area contributed by atoms with Gasteiger partial charge in [0.1, 0.15) is 5.82 Å². The Morgan fingerprint density at radius 3 is 3.00 bits per heavy atom.